The van der Waals surface area contributed by atoms with Crippen molar-refractivity contribution in [3.8, 4) is 0 Å². The molecule has 1 aliphatic carbocycles. The van der Waals surface area contributed by atoms with Gasteiger partial charge in [0.25, 0.3) is 0 Å². The van der Waals surface area contributed by atoms with Crippen LogP contribution < -0.4 is 0 Å². The van der Waals surface area contributed by atoms with E-state index >= 15 is 0 Å². The molecule has 0 fully saturated rings. The molecule has 0 radical (unpaired) electrons. The van der Waals surface area contributed by atoms with E-state index in [1.807, 2.05) is 60.7 Å². The van der Waals surface area contributed by atoms with Crippen LogP contribution in [0.2, 0.25) is 0 Å². The zero-order valence-corrected chi connectivity index (χ0v) is 13.4. The van der Waals surface area contributed by atoms with Crippen LogP contribution in [0.25, 0.3) is 0 Å². The Morgan fingerprint density at radius 3 is 2.09 bits per heavy atom. The molecule has 0 amide bonds. The minimum atomic E-state index is -0.368. The highest BCUT2D eigenvalue weighted by molar-refractivity contribution is 5.82. The number of rotatable bonds is 4. The summed E-state index contributed by atoms with van der Waals surface area (Å²) >= 11 is 0. The van der Waals surface area contributed by atoms with Crippen molar-refractivity contribution in [3.05, 3.63) is 83.4 Å². The number of hydrogen-bond donors (Lipinski definition) is 0. The standard InChI is InChI=1S/C21H22O2/c1-16-9-8-14-19(15-16)23-21(22)20(17-10-4-2-5-11-17)18-12-6-3-7-13-18/h2-7,10-13,15,19-20H,8-9,14H2,1H3. The fraction of sp³-hybridized carbons (Fsp3) is 0.286. The first-order valence-electron chi connectivity index (χ1n) is 8.22. The molecule has 0 saturated carbocycles. The summed E-state index contributed by atoms with van der Waals surface area (Å²) in [5.74, 6) is -0.536. The van der Waals surface area contributed by atoms with E-state index < -0.39 is 0 Å². The molecule has 0 bridgehead atoms. The van der Waals surface area contributed by atoms with E-state index in [0.717, 1.165) is 30.4 Å². The van der Waals surface area contributed by atoms with Crippen molar-refractivity contribution in [3.63, 3.8) is 0 Å². The van der Waals surface area contributed by atoms with Gasteiger partial charge in [0.05, 0.1) is 0 Å². The van der Waals surface area contributed by atoms with Crippen molar-refractivity contribution in [1.29, 1.82) is 0 Å². The maximum atomic E-state index is 12.9. The van der Waals surface area contributed by atoms with E-state index in [1.54, 1.807) is 0 Å². The summed E-state index contributed by atoms with van der Waals surface area (Å²) in [4.78, 5) is 12.9. The van der Waals surface area contributed by atoms with Gasteiger partial charge in [-0.1, -0.05) is 66.2 Å². The molecule has 0 aromatic heterocycles. The van der Waals surface area contributed by atoms with Gasteiger partial charge in [0.1, 0.15) is 12.0 Å². The highest BCUT2D eigenvalue weighted by Gasteiger charge is 2.26. The minimum absolute atomic E-state index is 0.0915. The summed E-state index contributed by atoms with van der Waals surface area (Å²) < 4.78 is 5.82. The fourth-order valence-corrected chi connectivity index (χ4v) is 3.13. The number of allylic oxidation sites excluding steroid dienone is 1. The van der Waals surface area contributed by atoms with Crippen LogP contribution in [0.3, 0.4) is 0 Å². The van der Waals surface area contributed by atoms with Crippen molar-refractivity contribution in [2.75, 3.05) is 0 Å². The Balaban J connectivity index is 1.86. The Morgan fingerprint density at radius 2 is 1.57 bits per heavy atom. The average Bonchev–Trinajstić information content (AvgIpc) is 2.57. The molecule has 1 unspecified atom stereocenters. The van der Waals surface area contributed by atoms with Crippen LogP contribution in [-0.4, -0.2) is 12.1 Å². The van der Waals surface area contributed by atoms with Crippen LogP contribution in [0, 0.1) is 0 Å². The van der Waals surface area contributed by atoms with Crippen LogP contribution in [-0.2, 0) is 9.53 Å². The molecule has 3 rings (SSSR count). The smallest absolute Gasteiger partial charge is 0.318 e. The number of carbonyl (C=O) groups excluding carboxylic acids is 1. The van der Waals surface area contributed by atoms with Crippen LogP contribution >= 0.6 is 0 Å². The zero-order valence-electron chi connectivity index (χ0n) is 13.4. The van der Waals surface area contributed by atoms with E-state index in [9.17, 15) is 4.79 Å². The normalized spacial score (nSPS) is 17.7. The summed E-state index contributed by atoms with van der Waals surface area (Å²) in [5.41, 5.74) is 3.26. The van der Waals surface area contributed by atoms with Crippen molar-refractivity contribution < 1.29 is 9.53 Å². The molecule has 2 aromatic rings. The number of esters is 1. The van der Waals surface area contributed by atoms with E-state index in [0.29, 0.717) is 0 Å². The lowest BCUT2D eigenvalue weighted by atomic mass is 9.91. The molecule has 0 aliphatic heterocycles. The van der Waals surface area contributed by atoms with Crippen molar-refractivity contribution in [2.45, 2.75) is 38.2 Å². The van der Waals surface area contributed by atoms with Gasteiger partial charge in [0.2, 0.25) is 0 Å². The molecule has 0 spiro atoms. The topological polar surface area (TPSA) is 26.3 Å². The van der Waals surface area contributed by atoms with Crippen LogP contribution in [0.5, 0.6) is 0 Å². The van der Waals surface area contributed by atoms with E-state index in [1.165, 1.54) is 5.57 Å². The van der Waals surface area contributed by atoms with Crippen LogP contribution in [0.15, 0.2) is 72.3 Å². The highest BCUT2D eigenvalue weighted by Crippen LogP contribution is 2.28. The van der Waals surface area contributed by atoms with Gasteiger partial charge in [-0.3, -0.25) is 4.79 Å². The Kier molecular flexibility index (Phi) is 4.92. The third kappa shape index (κ3) is 3.89. The molecule has 0 heterocycles. The van der Waals surface area contributed by atoms with Gasteiger partial charge in [0, 0.05) is 0 Å². The number of ether oxygens (including phenoxy) is 1. The quantitative estimate of drug-likeness (QED) is 0.595. The predicted molar refractivity (Wildman–Crippen MR) is 92.2 cm³/mol. The molecule has 2 aromatic carbocycles. The molecule has 1 atom stereocenters. The van der Waals surface area contributed by atoms with Gasteiger partial charge in [-0.2, -0.15) is 0 Å². The fourth-order valence-electron chi connectivity index (χ4n) is 3.13. The summed E-state index contributed by atoms with van der Waals surface area (Å²) in [7, 11) is 0. The first-order valence-corrected chi connectivity index (χ1v) is 8.22. The van der Waals surface area contributed by atoms with Crippen LogP contribution in [0.4, 0.5) is 0 Å². The van der Waals surface area contributed by atoms with Gasteiger partial charge in [-0.05, 0) is 43.4 Å². The Morgan fingerprint density at radius 1 is 1.00 bits per heavy atom. The van der Waals surface area contributed by atoms with Gasteiger partial charge in [-0.25, -0.2) is 0 Å². The Bertz CT molecular complexity index is 634. The molecule has 118 valence electrons. The number of hydrogen-bond acceptors (Lipinski definition) is 2. The predicted octanol–water partition coefficient (Wildman–Crippen LogP) is 4.86. The van der Waals surface area contributed by atoms with Crippen molar-refractivity contribution in [1.82, 2.24) is 0 Å². The van der Waals surface area contributed by atoms with Gasteiger partial charge < -0.3 is 4.74 Å². The zero-order chi connectivity index (χ0) is 16.1. The molecule has 1 aliphatic rings. The second-order valence-corrected chi connectivity index (χ2v) is 6.13. The third-order valence-electron chi connectivity index (χ3n) is 4.30. The number of benzene rings is 2. The Hall–Kier alpha value is -2.35. The third-order valence-corrected chi connectivity index (χ3v) is 4.30. The molecule has 0 saturated heterocycles. The van der Waals surface area contributed by atoms with Gasteiger partial charge in [-0.15, -0.1) is 0 Å². The SMILES string of the molecule is CC1=CC(OC(=O)C(c2ccccc2)c2ccccc2)CCC1. The highest BCUT2D eigenvalue weighted by atomic mass is 16.5. The van der Waals surface area contributed by atoms with Crippen LogP contribution in [0.1, 0.15) is 43.2 Å². The van der Waals surface area contributed by atoms with Crippen molar-refractivity contribution >= 4 is 5.97 Å². The second kappa shape index (κ2) is 7.28. The lowest BCUT2D eigenvalue weighted by molar-refractivity contribution is -0.148. The van der Waals surface area contributed by atoms with Gasteiger partial charge >= 0.3 is 5.97 Å². The van der Waals surface area contributed by atoms with Crippen molar-refractivity contribution in [2.24, 2.45) is 0 Å². The summed E-state index contributed by atoms with van der Waals surface area (Å²) in [5, 5.41) is 0. The van der Waals surface area contributed by atoms with E-state index in [4.69, 9.17) is 4.74 Å². The monoisotopic (exact) mass is 306 g/mol. The lowest BCUT2D eigenvalue weighted by Crippen LogP contribution is -2.24. The first kappa shape index (κ1) is 15.5. The van der Waals surface area contributed by atoms with Gasteiger partial charge in [0.15, 0.2) is 0 Å². The maximum absolute atomic E-state index is 12.9. The molecule has 0 N–H and O–H groups in total. The number of carbonyl (C=O) groups is 1. The molecule has 2 nitrogen and oxygen atoms in total. The molecular weight excluding hydrogens is 284 g/mol. The summed E-state index contributed by atoms with van der Waals surface area (Å²) in [6.45, 7) is 2.10. The first-order chi connectivity index (χ1) is 11.2. The average molecular weight is 306 g/mol. The lowest BCUT2D eigenvalue weighted by Gasteiger charge is -2.23. The summed E-state index contributed by atoms with van der Waals surface area (Å²) in [6.07, 6.45) is 5.11. The molecule has 2 heteroatoms. The van der Waals surface area contributed by atoms with E-state index in [2.05, 4.69) is 13.0 Å². The van der Waals surface area contributed by atoms with E-state index in [-0.39, 0.29) is 18.0 Å². The minimum Gasteiger partial charge on any atom is -0.457 e. The molecule has 23 heavy (non-hydrogen) atoms. The maximum Gasteiger partial charge on any atom is 0.318 e. The second-order valence-electron chi connectivity index (χ2n) is 6.13. The molecular formula is C21H22O2. The largest absolute Gasteiger partial charge is 0.457 e. The summed E-state index contributed by atoms with van der Waals surface area (Å²) in [6, 6.07) is 19.7. The Labute approximate surface area is 137 Å².